The van der Waals surface area contributed by atoms with Crippen LogP contribution in [-0.2, 0) is 6.42 Å². The minimum atomic E-state index is -0.326. The summed E-state index contributed by atoms with van der Waals surface area (Å²) in [5.41, 5.74) is 1.00. The maximum Gasteiger partial charge on any atom is 0.142 e. The molecule has 3 aliphatic rings. The Morgan fingerprint density at radius 1 is 1.35 bits per heavy atom. The van der Waals surface area contributed by atoms with Gasteiger partial charge in [0.15, 0.2) is 0 Å². The highest BCUT2D eigenvalue weighted by atomic mass is 35.5. The van der Waals surface area contributed by atoms with E-state index in [2.05, 4.69) is 15.1 Å². The van der Waals surface area contributed by atoms with E-state index in [-0.39, 0.29) is 10.8 Å². The van der Waals surface area contributed by atoms with Crippen LogP contribution in [-0.4, -0.2) is 61.7 Å². The van der Waals surface area contributed by atoms with Crippen molar-refractivity contribution in [2.24, 2.45) is 0 Å². The van der Waals surface area contributed by atoms with E-state index < -0.39 is 0 Å². The van der Waals surface area contributed by atoms with Gasteiger partial charge in [-0.3, -0.25) is 9.80 Å². The maximum atomic E-state index is 13.6. The lowest BCUT2D eigenvalue weighted by Gasteiger charge is -2.50. The fourth-order valence-corrected chi connectivity index (χ4v) is 3.51. The molecular weight excluding hydrogens is 277 g/mol. The Kier molecular flexibility index (Phi) is 4.26. The molecule has 1 aromatic carbocycles. The summed E-state index contributed by atoms with van der Waals surface area (Å²) in [5, 5.41) is 3.61. The number of nitrogens with one attached hydrogen (secondary N) is 1. The molecule has 0 radical (unpaired) electrons. The molecule has 3 fully saturated rings. The van der Waals surface area contributed by atoms with Crippen molar-refractivity contribution in [2.75, 3.05) is 39.8 Å². The van der Waals surface area contributed by atoms with E-state index in [9.17, 15) is 4.39 Å². The van der Waals surface area contributed by atoms with Gasteiger partial charge in [-0.25, -0.2) is 4.39 Å². The molecule has 0 aromatic heterocycles. The zero-order valence-corrected chi connectivity index (χ0v) is 12.5. The third-order valence-corrected chi connectivity index (χ3v) is 4.90. The summed E-state index contributed by atoms with van der Waals surface area (Å²) in [4.78, 5) is 5.09. The lowest BCUT2D eigenvalue weighted by atomic mass is 9.94. The number of likely N-dealkylation sites (N-methyl/N-ethyl adjacent to an activating group) is 1. The normalized spacial score (nSPS) is 30.4. The van der Waals surface area contributed by atoms with Gasteiger partial charge in [0.2, 0.25) is 0 Å². The highest BCUT2D eigenvalue weighted by Gasteiger charge is 2.36. The van der Waals surface area contributed by atoms with Gasteiger partial charge in [-0.15, -0.1) is 0 Å². The van der Waals surface area contributed by atoms with Gasteiger partial charge in [-0.2, -0.15) is 0 Å². The quantitative estimate of drug-likeness (QED) is 0.911. The Bertz CT molecular complexity index is 474. The zero-order chi connectivity index (χ0) is 14.1. The average molecular weight is 298 g/mol. The van der Waals surface area contributed by atoms with Gasteiger partial charge in [0, 0.05) is 44.8 Å². The maximum absolute atomic E-state index is 13.6. The van der Waals surface area contributed by atoms with E-state index in [1.165, 1.54) is 13.1 Å². The summed E-state index contributed by atoms with van der Waals surface area (Å²) in [6.45, 7) is 5.78. The van der Waals surface area contributed by atoms with E-state index in [0.29, 0.717) is 12.1 Å². The fraction of sp³-hybridized carbons (Fsp3) is 0.600. The number of hydrogen-bond acceptors (Lipinski definition) is 3. The molecule has 0 saturated carbocycles. The fourth-order valence-electron chi connectivity index (χ4n) is 3.39. The van der Waals surface area contributed by atoms with Gasteiger partial charge in [0.05, 0.1) is 5.02 Å². The summed E-state index contributed by atoms with van der Waals surface area (Å²) in [7, 11) is 2.00. The van der Waals surface area contributed by atoms with Crippen LogP contribution in [0.15, 0.2) is 18.2 Å². The van der Waals surface area contributed by atoms with Crippen LogP contribution < -0.4 is 5.32 Å². The predicted molar refractivity (Wildman–Crippen MR) is 79.8 cm³/mol. The molecule has 2 bridgehead atoms. The number of hydrogen-bond donors (Lipinski definition) is 1. The molecule has 4 rings (SSSR count). The molecule has 2 atom stereocenters. The monoisotopic (exact) mass is 297 g/mol. The molecule has 3 saturated heterocycles. The summed E-state index contributed by atoms with van der Waals surface area (Å²) in [6.07, 6.45) is 0.833. The summed E-state index contributed by atoms with van der Waals surface area (Å²) >= 11 is 5.75. The Balaban J connectivity index is 1.72. The molecule has 3 nitrogen and oxygen atoms in total. The topological polar surface area (TPSA) is 18.5 Å². The van der Waals surface area contributed by atoms with E-state index in [0.717, 1.165) is 31.6 Å². The van der Waals surface area contributed by atoms with Crippen molar-refractivity contribution in [1.29, 1.82) is 0 Å². The van der Waals surface area contributed by atoms with Gasteiger partial charge in [-0.1, -0.05) is 17.7 Å². The van der Waals surface area contributed by atoms with Crippen LogP contribution in [0.3, 0.4) is 0 Å². The van der Waals surface area contributed by atoms with Crippen LogP contribution >= 0.6 is 11.6 Å². The minimum absolute atomic E-state index is 0.196. The first-order valence-electron chi connectivity index (χ1n) is 7.25. The van der Waals surface area contributed by atoms with Crippen LogP contribution in [0.4, 0.5) is 4.39 Å². The Morgan fingerprint density at radius 2 is 2.10 bits per heavy atom. The number of rotatable bonds is 4. The second-order valence-corrected chi connectivity index (χ2v) is 6.16. The SMILES string of the molecule is CNC(Cc1ccc(Cl)c(F)c1)C1CN2CCN1CC2. The number of nitrogens with zero attached hydrogens (tertiary/aromatic N) is 2. The molecule has 0 amide bonds. The summed E-state index contributed by atoms with van der Waals surface area (Å²) in [5.74, 6) is -0.326. The van der Waals surface area contributed by atoms with Crippen LogP contribution in [0.25, 0.3) is 0 Å². The molecule has 20 heavy (non-hydrogen) atoms. The van der Waals surface area contributed by atoms with Crippen molar-refractivity contribution in [3.05, 3.63) is 34.6 Å². The first-order chi connectivity index (χ1) is 9.67. The second-order valence-electron chi connectivity index (χ2n) is 5.75. The van der Waals surface area contributed by atoms with Crippen molar-refractivity contribution >= 4 is 11.6 Å². The lowest BCUT2D eigenvalue weighted by molar-refractivity contribution is -0.00202. The predicted octanol–water partition coefficient (Wildman–Crippen LogP) is 1.61. The van der Waals surface area contributed by atoms with E-state index in [1.54, 1.807) is 12.1 Å². The second kappa shape index (κ2) is 5.98. The van der Waals surface area contributed by atoms with Gasteiger partial charge in [-0.05, 0) is 31.2 Å². The van der Waals surface area contributed by atoms with E-state index in [1.807, 2.05) is 13.1 Å². The molecule has 0 aliphatic carbocycles. The summed E-state index contributed by atoms with van der Waals surface area (Å²) in [6, 6.07) is 5.99. The van der Waals surface area contributed by atoms with Crippen molar-refractivity contribution < 1.29 is 4.39 Å². The van der Waals surface area contributed by atoms with Crippen LogP contribution in [0.1, 0.15) is 5.56 Å². The first-order valence-corrected chi connectivity index (χ1v) is 7.63. The number of halogens is 2. The van der Waals surface area contributed by atoms with Crippen molar-refractivity contribution in [1.82, 2.24) is 15.1 Å². The zero-order valence-electron chi connectivity index (χ0n) is 11.8. The lowest BCUT2D eigenvalue weighted by Crippen LogP contribution is -2.66. The molecule has 3 aliphatic heterocycles. The Hall–Kier alpha value is -0.680. The van der Waals surface area contributed by atoms with Gasteiger partial charge in [0.1, 0.15) is 5.82 Å². The van der Waals surface area contributed by atoms with Crippen LogP contribution in [0, 0.1) is 5.82 Å². The minimum Gasteiger partial charge on any atom is -0.315 e. The van der Waals surface area contributed by atoms with Crippen LogP contribution in [0.2, 0.25) is 5.02 Å². The van der Waals surface area contributed by atoms with Crippen LogP contribution in [0.5, 0.6) is 0 Å². The summed E-state index contributed by atoms with van der Waals surface area (Å²) < 4.78 is 13.6. The molecule has 0 spiro atoms. The third kappa shape index (κ3) is 2.84. The van der Waals surface area contributed by atoms with Gasteiger partial charge >= 0.3 is 0 Å². The molecule has 1 aromatic rings. The molecule has 110 valence electrons. The largest absolute Gasteiger partial charge is 0.315 e. The number of benzene rings is 1. The van der Waals surface area contributed by atoms with Gasteiger partial charge < -0.3 is 5.32 Å². The first kappa shape index (κ1) is 14.3. The van der Waals surface area contributed by atoms with Crippen molar-refractivity contribution in [3.63, 3.8) is 0 Å². The third-order valence-electron chi connectivity index (χ3n) is 4.60. The van der Waals surface area contributed by atoms with E-state index in [4.69, 9.17) is 11.6 Å². The number of piperazine rings is 3. The van der Waals surface area contributed by atoms with E-state index >= 15 is 0 Å². The van der Waals surface area contributed by atoms with Crippen molar-refractivity contribution in [3.8, 4) is 0 Å². The highest BCUT2D eigenvalue weighted by molar-refractivity contribution is 6.30. The molecular formula is C15H21ClFN3. The molecule has 3 heterocycles. The highest BCUT2D eigenvalue weighted by Crippen LogP contribution is 2.22. The Labute approximate surface area is 124 Å². The Morgan fingerprint density at radius 3 is 2.65 bits per heavy atom. The molecule has 2 unspecified atom stereocenters. The number of fused-ring (bicyclic) bond motifs is 3. The van der Waals surface area contributed by atoms with Gasteiger partial charge in [0.25, 0.3) is 0 Å². The standard InChI is InChI=1S/C15H21ClFN3/c1-18-14(9-11-2-3-12(16)13(17)8-11)15-10-19-4-6-20(15)7-5-19/h2-3,8,14-15,18H,4-7,9-10H2,1H3. The smallest absolute Gasteiger partial charge is 0.142 e. The average Bonchev–Trinajstić information content (AvgIpc) is 2.49. The van der Waals surface area contributed by atoms with Crippen molar-refractivity contribution in [2.45, 2.75) is 18.5 Å². The molecule has 5 heteroatoms. The molecule has 1 N–H and O–H groups in total.